The van der Waals surface area contributed by atoms with Gasteiger partial charge in [0, 0.05) is 19.8 Å². The number of ether oxygens (including phenoxy) is 1. The molecule has 1 aromatic heterocycles. The van der Waals surface area contributed by atoms with Crippen LogP contribution in [0.3, 0.4) is 0 Å². The van der Waals surface area contributed by atoms with Crippen LogP contribution in [0, 0.1) is 0 Å². The quantitative estimate of drug-likeness (QED) is 0.435. The molecule has 0 fully saturated rings. The van der Waals surface area contributed by atoms with Crippen molar-refractivity contribution in [3.63, 3.8) is 0 Å². The van der Waals surface area contributed by atoms with Crippen LogP contribution in [-0.4, -0.2) is 53.8 Å². The van der Waals surface area contributed by atoms with Gasteiger partial charge in [-0.05, 0) is 17.6 Å². The molecule has 21 heavy (non-hydrogen) atoms. The third-order valence-electron chi connectivity index (χ3n) is 2.51. The molecule has 0 aliphatic heterocycles. The van der Waals surface area contributed by atoms with Crippen molar-refractivity contribution in [2.45, 2.75) is 4.34 Å². The predicted octanol–water partition coefficient (Wildman–Crippen LogP) is 0.455. The van der Waals surface area contributed by atoms with Gasteiger partial charge in [-0.2, -0.15) is 0 Å². The van der Waals surface area contributed by atoms with Crippen LogP contribution < -0.4 is 15.1 Å². The molecule has 0 spiro atoms. The molecule has 0 aliphatic rings. The Kier molecular flexibility index (Phi) is 5.86. The Morgan fingerprint density at radius 3 is 2.81 bits per heavy atom. The third-order valence-corrected chi connectivity index (χ3v) is 4.70. The van der Waals surface area contributed by atoms with Gasteiger partial charge >= 0.3 is 7.12 Å². The van der Waals surface area contributed by atoms with Crippen molar-refractivity contribution in [2.24, 2.45) is 0 Å². The fourth-order valence-electron chi connectivity index (χ4n) is 1.50. The van der Waals surface area contributed by atoms with Crippen LogP contribution in [-0.2, 0) is 0 Å². The van der Waals surface area contributed by atoms with Crippen molar-refractivity contribution in [1.82, 2.24) is 10.2 Å². The van der Waals surface area contributed by atoms with Gasteiger partial charge in [0.1, 0.15) is 5.75 Å². The van der Waals surface area contributed by atoms with Crippen molar-refractivity contribution in [3.8, 4) is 5.75 Å². The van der Waals surface area contributed by atoms with Crippen LogP contribution in [0.1, 0.15) is 0 Å². The molecule has 0 unspecified atom stereocenters. The van der Waals surface area contributed by atoms with E-state index in [1.807, 2.05) is 19.0 Å². The van der Waals surface area contributed by atoms with Crippen LogP contribution in [0.2, 0.25) is 0 Å². The van der Waals surface area contributed by atoms with Gasteiger partial charge in [0.15, 0.2) is 4.34 Å². The Balaban J connectivity index is 1.77. The summed E-state index contributed by atoms with van der Waals surface area (Å²) in [6, 6.07) is 6.76. The zero-order valence-corrected chi connectivity index (χ0v) is 13.4. The topological polar surface area (TPSA) is 78.7 Å². The van der Waals surface area contributed by atoms with E-state index in [-0.39, 0.29) is 0 Å². The molecule has 1 heterocycles. The van der Waals surface area contributed by atoms with Gasteiger partial charge in [0.05, 0.1) is 6.61 Å². The van der Waals surface area contributed by atoms with Crippen molar-refractivity contribution >= 4 is 40.8 Å². The highest BCUT2D eigenvalue weighted by Crippen LogP contribution is 2.26. The molecule has 9 heteroatoms. The second kappa shape index (κ2) is 7.65. The molecular formula is C12H16BN3O3S2. The lowest BCUT2D eigenvalue weighted by molar-refractivity contribution is 0.344. The number of nitrogens with zero attached hydrogens (tertiary/aromatic N) is 3. The number of thioether (sulfide) groups is 1. The largest absolute Gasteiger partial charge is 0.493 e. The van der Waals surface area contributed by atoms with Crippen molar-refractivity contribution < 1.29 is 14.8 Å². The van der Waals surface area contributed by atoms with E-state index in [0.29, 0.717) is 17.8 Å². The summed E-state index contributed by atoms with van der Waals surface area (Å²) >= 11 is 3.12. The predicted molar refractivity (Wildman–Crippen MR) is 86.7 cm³/mol. The van der Waals surface area contributed by atoms with E-state index < -0.39 is 7.12 Å². The van der Waals surface area contributed by atoms with E-state index in [2.05, 4.69) is 10.2 Å². The molecule has 0 bridgehead atoms. The van der Waals surface area contributed by atoms with Gasteiger partial charge in [0.25, 0.3) is 0 Å². The number of benzene rings is 1. The second-order valence-electron chi connectivity index (χ2n) is 4.39. The minimum atomic E-state index is -1.48. The Labute approximate surface area is 131 Å². The number of rotatable bonds is 7. The van der Waals surface area contributed by atoms with Gasteiger partial charge in [-0.3, -0.25) is 0 Å². The van der Waals surface area contributed by atoms with E-state index in [9.17, 15) is 0 Å². The molecule has 0 saturated heterocycles. The summed E-state index contributed by atoms with van der Waals surface area (Å²) in [7, 11) is 2.38. The SMILES string of the molecule is CN(C)c1nnc(SCCOc2cccc(B(O)O)c2)s1. The van der Waals surface area contributed by atoms with Crippen LogP contribution in [0.4, 0.5) is 5.13 Å². The van der Waals surface area contributed by atoms with Crippen LogP contribution in [0.25, 0.3) is 0 Å². The second-order valence-corrected chi connectivity index (χ2v) is 6.69. The molecule has 0 saturated carbocycles. The molecular weight excluding hydrogens is 309 g/mol. The van der Waals surface area contributed by atoms with E-state index in [1.54, 1.807) is 36.0 Å². The van der Waals surface area contributed by atoms with Crippen molar-refractivity contribution in [1.29, 1.82) is 0 Å². The van der Waals surface area contributed by atoms with Crippen LogP contribution in [0.5, 0.6) is 5.75 Å². The highest BCUT2D eigenvalue weighted by atomic mass is 32.2. The van der Waals surface area contributed by atoms with E-state index in [4.69, 9.17) is 14.8 Å². The molecule has 0 radical (unpaired) electrons. The highest BCUT2D eigenvalue weighted by molar-refractivity contribution is 8.01. The smallest absolute Gasteiger partial charge is 0.488 e. The van der Waals surface area contributed by atoms with Crippen LogP contribution >= 0.6 is 23.1 Å². The molecule has 0 aliphatic carbocycles. The molecule has 0 amide bonds. The molecule has 1 aromatic carbocycles. The Morgan fingerprint density at radius 2 is 2.14 bits per heavy atom. The number of aromatic nitrogens is 2. The maximum absolute atomic E-state index is 9.09. The summed E-state index contributed by atoms with van der Waals surface area (Å²) in [5.41, 5.74) is 0.417. The average Bonchev–Trinajstić information content (AvgIpc) is 2.93. The minimum absolute atomic E-state index is 0.417. The first-order valence-electron chi connectivity index (χ1n) is 6.29. The first-order chi connectivity index (χ1) is 10.1. The zero-order valence-electron chi connectivity index (χ0n) is 11.8. The fraction of sp³-hybridized carbons (Fsp3) is 0.333. The molecule has 2 rings (SSSR count). The van der Waals surface area contributed by atoms with E-state index in [1.165, 1.54) is 11.3 Å². The third kappa shape index (κ3) is 4.89. The maximum atomic E-state index is 9.09. The lowest BCUT2D eigenvalue weighted by Crippen LogP contribution is -2.29. The number of hydrogen-bond acceptors (Lipinski definition) is 8. The van der Waals surface area contributed by atoms with E-state index >= 15 is 0 Å². The number of hydrogen-bond donors (Lipinski definition) is 2. The minimum Gasteiger partial charge on any atom is -0.493 e. The summed E-state index contributed by atoms with van der Waals surface area (Å²) in [6.07, 6.45) is 0. The molecule has 6 nitrogen and oxygen atoms in total. The van der Waals surface area contributed by atoms with E-state index in [0.717, 1.165) is 15.2 Å². The summed E-state index contributed by atoms with van der Waals surface area (Å²) in [5, 5.41) is 27.2. The van der Waals surface area contributed by atoms with Crippen molar-refractivity contribution in [2.75, 3.05) is 31.4 Å². The molecule has 0 atom stereocenters. The summed E-state index contributed by atoms with van der Waals surface area (Å²) < 4.78 is 6.48. The average molecular weight is 325 g/mol. The molecule has 2 aromatic rings. The van der Waals surface area contributed by atoms with Gasteiger partial charge in [-0.15, -0.1) is 10.2 Å². The van der Waals surface area contributed by atoms with Crippen LogP contribution in [0.15, 0.2) is 28.6 Å². The summed E-state index contributed by atoms with van der Waals surface area (Å²) in [6.45, 7) is 0.506. The maximum Gasteiger partial charge on any atom is 0.488 e. The van der Waals surface area contributed by atoms with Gasteiger partial charge in [0.2, 0.25) is 5.13 Å². The Morgan fingerprint density at radius 1 is 1.33 bits per heavy atom. The van der Waals surface area contributed by atoms with Gasteiger partial charge in [-0.1, -0.05) is 35.2 Å². The van der Waals surface area contributed by atoms with Gasteiger partial charge < -0.3 is 19.7 Å². The lowest BCUT2D eigenvalue weighted by atomic mass is 9.80. The normalized spacial score (nSPS) is 10.5. The highest BCUT2D eigenvalue weighted by Gasteiger charge is 2.11. The first-order valence-corrected chi connectivity index (χ1v) is 8.09. The summed E-state index contributed by atoms with van der Waals surface area (Å²) in [4.78, 5) is 1.92. The Hall–Kier alpha value is -1.29. The number of anilines is 1. The van der Waals surface area contributed by atoms with Gasteiger partial charge in [-0.25, -0.2) is 0 Å². The molecule has 2 N–H and O–H groups in total. The standard InChI is InChI=1S/C12H16BN3O3S2/c1-16(2)11-14-15-12(21-11)20-7-6-19-10-5-3-4-9(8-10)13(17)18/h3-5,8,17-18H,6-7H2,1-2H3. The first kappa shape index (κ1) is 16.1. The summed E-state index contributed by atoms with van der Waals surface area (Å²) in [5.74, 6) is 1.36. The molecule has 112 valence electrons. The monoisotopic (exact) mass is 325 g/mol. The zero-order chi connectivity index (χ0) is 15.2. The fourth-order valence-corrected chi connectivity index (χ4v) is 3.15. The lowest BCUT2D eigenvalue weighted by Gasteiger charge is -2.07. The van der Waals surface area contributed by atoms with Crippen molar-refractivity contribution in [3.05, 3.63) is 24.3 Å². The Bertz CT molecular complexity index is 580.